The highest BCUT2D eigenvalue weighted by atomic mass is 19.1. The van der Waals surface area contributed by atoms with Crippen molar-refractivity contribution in [2.75, 3.05) is 5.32 Å². The lowest BCUT2D eigenvalue weighted by atomic mass is 10.0. The first-order valence-corrected chi connectivity index (χ1v) is 7.45. The van der Waals surface area contributed by atoms with Crippen molar-refractivity contribution >= 4 is 17.5 Å². The van der Waals surface area contributed by atoms with Gasteiger partial charge in [0.2, 0.25) is 11.8 Å². The number of nitrogens with one attached hydrogen (secondary N) is 2. The van der Waals surface area contributed by atoms with Crippen LogP contribution in [0.15, 0.2) is 42.7 Å². The number of anilines is 1. The number of hydrogen-bond acceptors (Lipinski definition) is 3. The van der Waals surface area contributed by atoms with E-state index >= 15 is 0 Å². The maximum atomic E-state index is 13.6. The minimum absolute atomic E-state index is 0.144. The Kier molecular flexibility index (Phi) is 4.24. The lowest BCUT2D eigenvalue weighted by molar-refractivity contribution is -0.134. The van der Waals surface area contributed by atoms with Crippen LogP contribution in [0.4, 0.5) is 14.5 Å². The Morgan fingerprint density at radius 3 is 2.42 bits per heavy atom. The number of halogens is 2. The van der Waals surface area contributed by atoms with Crippen LogP contribution in [0.1, 0.15) is 18.4 Å². The average molecular weight is 331 g/mol. The highest BCUT2D eigenvalue weighted by Gasteiger charge is 2.56. The summed E-state index contributed by atoms with van der Waals surface area (Å²) in [5.41, 5.74) is -0.470. The van der Waals surface area contributed by atoms with Gasteiger partial charge >= 0.3 is 0 Å². The molecule has 1 heterocycles. The van der Waals surface area contributed by atoms with E-state index in [1.54, 1.807) is 24.5 Å². The van der Waals surface area contributed by atoms with Crippen molar-refractivity contribution in [3.63, 3.8) is 0 Å². The fraction of sp³-hybridized carbons (Fsp3) is 0.235. The van der Waals surface area contributed by atoms with E-state index in [0.29, 0.717) is 18.9 Å². The standard InChI is InChI=1S/C17H15F2N3O2/c18-12-1-2-14(13(19)9-12)22-16(24)17(5-6-17)15(23)21-10-11-3-7-20-8-4-11/h1-4,7-9H,5-6,10H2,(H,21,23)(H,22,24). The van der Waals surface area contributed by atoms with Gasteiger partial charge in [-0.3, -0.25) is 14.6 Å². The van der Waals surface area contributed by atoms with E-state index in [-0.39, 0.29) is 12.2 Å². The van der Waals surface area contributed by atoms with Gasteiger partial charge in [0.15, 0.2) is 0 Å². The second-order valence-electron chi connectivity index (χ2n) is 5.70. The zero-order valence-electron chi connectivity index (χ0n) is 12.7. The first-order chi connectivity index (χ1) is 11.5. The molecular weight excluding hydrogens is 316 g/mol. The van der Waals surface area contributed by atoms with E-state index in [0.717, 1.165) is 17.7 Å². The van der Waals surface area contributed by atoms with Gasteiger partial charge in [-0.25, -0.2) is 8.78 Å². The molecule has 0 aliphatic heterocycles. The molecule has 1 aromatic heterocycles. The number of benzene rings is 1. The maximum absolute atomic E-state index is 13.6. The van der Waals surface area contributed by atoms with Crippen molar-refractivity contribution in [2.24, 2.45) is 5.41 Å². The molecule has 1 aliphatic rings. The van der Waals surface area contributed by atoms with E-state index in [2.05, 4.69) is 15.6 Å². The maximum Gasteiger partial charge on any atom is 0.240 e. The lowest BCUT2D eigenvalue weighted by Gasteiger charge is -2.16. The summed E-state index contributed by atoms with van der Waals surface area (Å²) in [6, 6.07) is 6.37. The number of carbonyl (C=O) groups excluding carboxylic acids is 2. The summed E-state index contributed by atoms with van der Waals surface area (Å²) in [5.74, 6) is -2.60. The van der Waals surface area contributed by atoms with Crippen LogP contribution in [0, 0.1) is 17.0 Å². The molecule has 7 heteroatoms. The third-order valence-electron chi connectivity index (χ3n) is 4.00. The Morgan fingerprint density at radius 1 is 1.08 bits per heavy atom. The molecule has 0 radical (unpaired) electrons. The van der Waals surface area contributed by atoms with Crippen LogP contribution in [-0.2, 0) is 16.1 Å². The smallest absolute Gasteiger partial charge is 0.240 e. The number of amides is 2. The number of carbonyl (C=O) groups is 2. The SMILES string of the molecule is O=C(NCc1ccncc1)C1(C(=O)Nc2ccc(F)cc2F)CC1. The topological polar surface area (TPSA) is 71.1 Å². The first-order valence-electron chi connectivity index (χ1n) is 7.45. The average Bonchev–Trinajstić information content (AvgIpc) is 3.38. The molecule has 0 saturated heterocycles. The fourth-order valence-electron chi connectivity index (χ4n) is 2.37. The minimum atomic E-state index is -1.19. The van der Waals surface area contributed by atoms with Gasteiger partial charge < -0.3 is 10.6 Å². The number of nitrogens with zero attached hydrogens (tertiary/aromatic N) is 1. The Hall–Kier alpha value is -2.83. The molecule has 2 aromatic rings. The van der Waals surface area contributed by atoms with Crippen LogP contribution < -0.4 is 10.6 Å². The van der Waals surface area contributed by atoms with Gasteiger partial charge in [0.25, 0.3) is 0 Å². The number of hydrogen-bond donors (Lipinski definition) is 2. The number of aromatic nitrogens is 1. The van der Waals surface area contributed by atoms with Crippen molar-refractivity contribution in [3.05, 3.63) is 59.9 Å². The Labute approximate surface area is 137 Å². The van der Waals surface area contributed by atoms with Gasteiger partial charge in [-0.05, 0) is 42.7 Å². The molecule has 1 aromatic carbocycles. The summed E-state index contributed by atoms with van der Waals surface area (Å²) < 4.78 is 26.5. The fourth-order valence-corrected chi connectivity index (χ4v) is 2.37. The van der Waals surface area contributed by atoms with E-state index in [1.807, 2.05) is 0 Å². The monoisotopic (exact) mass is 331 g/mol. The summed E-state index contributed by atoms with van der Waals surface area (Å²) in [6.45, 7) is 0.279. The molecule has 1 aliphatic carbocycles. The van der Waals surface area contributed by atoms with E-state index < -0.39 is 28.9 Å². The summed E-state index contributed by atoms with van der Waals surface area (Å²) in [4.78, 5) is 28.6. The zero-order chi connectivity index (χ0) is 17.2. The van der Waals surface area contributed by atoms with Crippen LogP contribution in [0.25, 0.3) is 0 Å². The van der Waals surface area contributed by atoms with Gasteiger partial charge in [0.05, 0.1) is 5.69 Å². The summed E-state index contributed by atoms with van der Waals surface area (Å²) in [7, 11) is 0. The number of pyridine rings is 1. The molecule has 124 valence electrons. The first kappa shape index (κ1) is 16.0. The molecule has 5 nitrogen and oxygen atoms in total. The van der Waals surface area contributed by atoms with E-state index in [1.165, 1.54) is 0 Å². The Bertz CT molecular complexity index is 777. The molecule has 1 saturated carbocycles. The van der Waals surface area contributed by atoms with E-state index in [4.69, 9.17) is 0 Å². The van der Waals surface area contributed by atoms with Crippen molar-refractivity contribution in [1.29, 1.82) is 0 Å². The summed E-state index contributed by atoms with van der Waals surface area (Å²) in [5, 5.41) is 5.08. The molecule has 24 heavy (non-hydrogen) atoms. The van der Waals surface area contributed by atoms with Crippen LogP contribution in [0.5, 0.6) is 0 Å². The van der Waals surface area contributed by atoms with Gasteiger partial charge in [-0.2, -0.15) is 0 Å². The van der Waals surface area contributed by atoms with Crippen LogP contribution in [0.3, 0.4) is 0 Å². The third-order valence-corrected chi connectivity index (χ3v) is 4.00. The third kappa shape index (κ3) is 3.24. The molecule has 0 spiro atoms. The zero-order valence-corrected chi connectivity index (χ0v) is 12.7. The van der Waals surface area contributed by atoms with Gasteiger partial charge in [0.1, 0.15) is 17.0 Å². The molecule has 0 unspecified atom stereocenters. The van der Waals surface area contributed by atoms with Crippen molar-refractivity contribution in [1.82, 2.24) is 10.3 Å². The van der Waals surface area contributed by atoms with Crippen LogP contribution in [0.2, 0.25) is 0 Å². The highest BCUT2D eigenvalue weighted by molar-refractivity contribution is 6.13. The van der Waals surface area contributed by atoms with Crippen LogP contribution >= 0.6 is 0 Å². The molecular formula is C17H15F2N3O2. The van der Waals surface area contributed by atoms with Gasteiger partial charge in [-0.1, -0.05) is 0 Å². The summed E-state index contributed by atoms with van der Waals surface area (Å²) >= 11 is 0. The molecule has 2 N–H and O–H groups in total. The quantitative estimate of drug-likeness (QED) is 0.827. The Morgan fingerprint density at radius 2 is 1.79 bits per heavy atom. The predicted octanol–water partition coefficient (Wildman–Crippen LogP) is 2.39. The largest absolute Gasteiger partial charge is 0.351 e. The molecule has 2 amide bonds. The van der Waals surface area contributed by atoms with E-state index in [9.17, 15) is 18.4 Å². The molecule has 0 bridgehead atoms. The molecule has 0 atom stereocenters. The molecule has 1 fully saturated rings. The van der Waals surface area contributed by atoms with Gasteiger partial charge in [-0.15, -0.1) is 0 Å². The van der Waals surface area contributed by atoms with Gasteiger partial charge in [0, 0.05) is 25.0 Å². The summed E-state index contributed by atoms with van der Waals surface area (Å²) in [6.07, 6.45) is 4.00. The Balaban J connectivity index is 1.64. The minimum Gasteiger partial charge on any atom is -0.351 e. The van der Waals surface area contributed by atoms with Crippen molar-refractivity contribution in [2.45, 2.75) is 19.4 Å². The lowest BCUT2D eigenvalue weighted by Crippen LogP contribution is -2.39. The van der Waals surface area contributed by atoms with Crippen molar-refractivity contribution < 1.29 is 18.4 Å². The van der Waals surface area contributed by atoms with Crippen molar-refractivity contribution in [3.8, 4) is 0 Å². The predicted molar refractivity (Wildman–Crippen MR) is 82.7 cm³/mol. The number of rotatable bonds is 5. The molecule has 3 rings (SSSR count). The second-order valence-corrected chi connectivity index (χ2v) is 5.70. The highest BCUT2D eigenvalue weighted by Crippen LogP contribution is 2.47. The normalized spacial score (nSPS) is 14.8. The second kappa shape index (κ2) is 6.35. The van der Waals surface area contributed by atoms with Crippen LogP contribution in [-0.4, -0.2) is 16.8 Å².